The van der Waals surface area contributed by atoms with Gasteiger partial charge in [0, 0.05) is 18.9 Å². The third-order valence-corrected chi connectivity index (χ3v) is 6.04. The van der Waals surface area contributed by atoms with Crippen LogP contribution in [0, 0.1) is 6.92 Å². The zero-order chi connectivity index (χ0) is 20.2. The molecule has 0 aliphatic carbocycles. The molecular formula is C18H18BrClN8O. The number of fused-ring (bicyclic) bond motifs is 2. The van der Waals surface area contributed by atoms with Crippen LogP contribution in [0.2, 0.25) is 5.15 Å². The van der Waals surface area contributed by atoms with E-state index in [-0.39, 0.29) is 0 Å². The summed E-state index contributed by atoms with van der Waals surface area (Å²) in [5, 5.41) is 10.7. The molecule has 3 aromatic heterocycles. The average molecular weight is 478 g/mol. The van der Waals surface area contributed by atoms with Crippen molar-refractivity contribution in [2.45, 2.75) is 32.5 Å². The fourth-order valence-corrected chi connectivity index (χ4v) is 4.50. The molecule has 0 saturated carbocycles. The van der Waals surface area contributed by atoms with Gasteiger partial charge in [-0.3, -0.25) is 9.99 Å². The quantitative estimate of drug-likeness (QED) is 0.516. The van der Waals surface area contributed by atoms with Crippen LogP contribution in [-0.4, -0.2) is 37.1 Å². The van der Waals surface area contributed by atoms with Crippen molar-refractivity contribution in [1.29, 1.82) is 0 Å². The Balaban J connectivity index is 1.62. The highest BCUT2D eigenvalue weighted by Gasteiger charge is 2.43. The highest BCUT2D eigenvalue weighted by molar-refractivity contribution is 9.11. The number of hydrogen-bond donors (Lipinski definition) is 2. The summed E-state index contributed by atoms with van der Waals surface area (Å²) in [7, 11) is 0. The first kappa shape index (κ1) is 18.7. The van der Waals surface area contributed by atoms with Crippen molar-refractivity contribution in [2.75, 3.05) is 16.9 Å². The lowest BCUT2D eigenvalue weighted by Gasteiger charge is -2.30. The molecule has 5 rings (SSSR count). The first-order chi connectivity index (χ1) is 14.0. The molecule has 0 radical (unpaired) electrons. The zero-order valence-corrected chi connectivity index (χ0v) is 18.1. The predicted octanol–water partition coefficient (Wildman–Crippen LogP) is 3.32. The van der Waals surface area contributed by atoms with E-state index in [2.05, 4.69) is 46.7 Å². The molecule has 1 atom stereocenters. The maximum atomic E-state index is 6.27. The molecule has 29 heavy (non-hydrogen) atoms. The number of nitrogens with zero attached hydrogens (tertiary/aromatic N) is 6. The summed E-state index contributed by atoms with van der Waals surface area (Å²) in [5.41, 5.74) is 5.88. The lowest BCUT2D eigenvalue weighted by molar-refractivity contribution is -0.0230. The van der Waals surface area contributed by atoms with Crippen molar-refractivity contribution < 1.29 is 4.74 Å². The van der Waals surface area contributed by atoms with Crippen LogP contribution in [0.3, 0.4) is 0 Å². The molecule has 2 aliphatic heterocycles. The van der Waals surface area contributed by atoms with E-state index < -0.39 is 5.72 Å². The van der Waals surface area contributed by atoms with Gasteiger partial charge in [-0.2, -0.15) is 15.5 Å². The number of aryl methyl sites for hydroxylation is 2. The Bertz CT molecular complexity index is 1150. The molecule has 0 aromatic carbocycles. The van der Waals surface area contributed by atoms with Crippen LogP contribution in [0.15, 0.2) is 34.8 Å². The van der Waals surface area contributed by atoms with Crippen molar-refractivity contribution >= 4 is 50.2 Å². The molecule has 0 fully saturated rings. The van der Waals surface area contributed by atoms with Crippen molar-refractivity contribution in [1.82, 2.24) is 30.2 Å². The SMILES string of the molecule is Cc1ncccc1N1NC2(C)OCCCn3nc(Cl)c4cnc(nc43)NC2=C1Br. The third-order valence-electron chi connectivity index (χ3n) is 5.01. The lowest BCUT2D eigenvalue weighted by atomic mass is 10.2. The van der Waals surface area contributed by atoms with Crippen molar-refractivity contribution in [3.05, 3.63) is 45.7 Å². The van der Waals surface area contributed by atoms with Crippen LogP contribution in [0.5, 0.6) is 0 Å². The molecule has 9 nitrogen and oxygen atoms in total. The Hall–Kier alpha value is -2.27. The Morgan fingerprint density at radius 3 is 3.03 bits per heavy atom. The summed E-state index contributed by atoms with van der Waals surface area (Å²) in [6.07, 6.45) is 4.21. The maximum Gasteiger partial charge on any atom is 0.229 e. The maximum absolute atomic E-state index is 6.27. The summed E-state index contributed by atoms with van der Waals surface area (Å²) in [5.74, 6) is 0.436. The summed E-state index contributed by atoms with van der Waals surface area (Å²) >= 11 is 9.95. The Labute approximate surface area is 180 Å². The van der Waals surface area contributed by atoms with Gasteiger partial charge in [0.25, 0.3) is 0 Å². The number of nitrogens with one attached hydrogen (secondary N) is 2. The Morgan fingerprint density at radius 2 is 2.21 bits per heavy atom. The van der Waals surface area contributed by atoms with Gasteiger partial charge in [-0.25, -0.2) is 9.67 Å². The number of ether oxygens (including phenoxy) is 1. The molecule has 0 saturated heterocycles. The molecule has 2 N–H and O–H groups in total. The lowest BCUT2D eigenvalue weighted by Crippen LogP contribution is -2.50. The van der Waals surface area contributed by atoms with E-state index in [1.807, 2.05) is 31.0 Å². The highest BCUT2D eigenvalue weighted by Crippen LogP contribution is 2.38. The molecule has 0 amide bonds. The average Bonchev–Trinajstić information content (AvgIpc) is 3.14. The van der Waals surface area contributed by atoms with Gasteiger partial charge in [0.2, 0.25) is 5.95 Å². The minimum Gasteiger partial charge on any atom is -0.353 e. The number of hydrazine groups is 1. The fourth-order valence-electron chi connectivity index (χ4n) is 3.52. The normalized spacial score (nSPS) is 22.0. The van der Waals surface area contributed by atoms with E-state index in [0.717, 1.165) is 33.5 Å². The van der Waals surface area contributed by atoms with Gasteiger partial charge in [-0.15, -0.1) is 0 Å². The second-order valence-electron chi connectivity index (χ2n) is 7.03. The monoisotopic (exact) mass is 476 g/mol. The smallest absolute Gasteiger partial charge is 0.229 e. The largest absolute Gasteiger partial charge is 0.353 e. The van der Waals surface area contributed by atoms with E-state index in [9.17, 15) is 0 Å². The molecule has 2 aliphatic rings. The van der Waals surface area contributed by atoms with Gasteiger partial charge in [0.1, 0.15) is 4.61 Å². The first-order valence-corrected chi connectivity index (χ1v) is 10.3. The van der Waals surface area contributed by atoms with Gasteiger partial charge in [0.15, 0.2) is 16.5 Å². The van der Waals surface area contributed by atoms with Crippen molar-refractivity contribution in [3.8, 4) is 0 Å². The van der Waals surface area contributed by atoms with E-state index in [1.165, 1.54) is 0 Å². The summed E-state index contributed by atoms with van der Waals surface area (Å²) in [6.45, 7) is 5.08. The van der Waals surface area contributed by atoms with Gasteiger partial charge in [0.05, 0.1) is 29.1 Å². The van der Waals surface area contributed by atoms with Crippen molar-refractivity contribution in [2.24, 2.45) is 0 Å². The number of halogens is 2. The summed E-state index contributed by atoms with van der Waals surface area (Å²) in [6, 6.07) is 3.89. The zero-order valence-electron chi connectivity index (χ0n) is 15.8. The fraction of sp³-hybridized carbons (Fsp3) is 0.333. The topological polar surface area (TPSA) is 93.0 Å². The molecular weight excluding hydrogens is 460 g/mol. The molecule has 0 spiro atoms. The predicted molar refractivity (Wildman–Crippen MR) is 113 cm³/mol. The second kappa shape index (κ2) is 6.91. The van der Waals surface area contributed by atoms with E-state index in [4.69, 9.17) is 16.3 Å². The van der Waals surface area contributed by atoms with Crippen LogP contribution in [-0.2, 0) is 11.3 Å². The number of hydrogen-bond acceptors (Lipinski definition) is 8. The van der Waals surface area contributed by atoms with Crippen LogP contribution >= 0.6 is 27.5 Å². The standard InChI is InChI=1S/C18H18BrClN8O/c1-10-12(5-3-6-21-10)28-14(19)13-18(2,26-28)29-8-4-7-27-16-11(15(20)25-27)9-22-17(23-13)24-16/h3,5-6,9,26H,4,7-8H2,1-2H3,(H,22,23,24). The Kier molecular flexibility index (Phi) is 4.46. The number of anilines is 2. The second-order valence-corrected chi connectivity index (χ2v) is 8.14. The van der Waals surface area contributed by atoms with Gasteiger partial charge in [-0.05, 0) is 48.3 Å². The van der Waals surface area contributed by atoms with Crippen molar-refractivity contribution in [3.63, 3.8) is 0 Å². The van der Waals surface area contributed by atoms with Crippen LogP contribution < -0.4 is 15.8 Å². The van der Waals surface area contributed by atoms with E-state index >= 15 is 0 Å². The van der Waals surface area contributed by atoms with E-state index in [0.29, 0.717) is 29.9 Å². The van der Waals surface area contributed by atoms with Gasteiger partial charge >= 0.3 is 0 Å². The Morgan fingerprint density at radius 1 is 1.34 bits per heavy atom. The summed E-state index contributed by atoms with van der Waals surface area (Å²) in [4.78, 5) is 13.5. The number of pyridine rings is 1. The molecule has 2 bridgehead atoms. The molecule has 150 valence electrons. The number of aromatic nitrogens is 5. The summed E-state index contributed by atoms with van der Waals surface area (Å²) < 4.78 is 8.83. The highest BCUT2D eigenvalue weighted by atomic mass is 79.9. The van der Waals surface area contributed by atoms with Crippen LogP contribution in [0.25, 0.3) is 11.0 Å². The van der Waals surface area contributed by atoms with Crippen LogP contribution in [0.4, 0.5) is 11.6 Å². The molecule has 5 heterocycles. The molecule has 11 heteroatoms. The third kappa shape index (κ3) is 3.07. The minimum atomic E-state index is -0.816. The first-order valence-electron chi connectivity index (χ1n) is 9.16. The van der Waals surface area contributed by atoms with E-state index in [1.54, 1.807) is 17.1 Å². The molecule has 3 aromatic rings. The minimum absolute atomic E-state index is 0.399. The van der Waals surface area contributed by atoms with Crippen LogP contribution in [0.1, 0.15) is 19.0 Å². The van der Waals surface area contributed by atoms with Gasteiger partial charge < -0.3 is 10.1 Å². The molecule has 1 unspecified atom stereocenters. The number of rotatable bonds is 1. The van der Waals surface area contributed by atoms with Gasteiger partial charge in [-0.1, -0.05) is 11.6 Å².